The average Bonchev–Trinajstić information content (AvgIpc) is 3.42. The van der Waals surface area contributed by atoms with Crippen LogP contribution in [0.1, 0.15) is 79.6 Å². The van der Waals surface area contributed by atoms with Crippen LogP contribution in [0.15, 0.2) is 0 Å². The first kappa shape index (κ1) is 39.2. The van der Waals surface area contributed by atoms with Gasteiger partial charge in [-0.1, -0.05) is 34.1 Å². The predicted octanol–water partition coefficient (Wildman–Crippen LogP) is -1.42. The summed E-state index contributed by atoms with van der Waals surface area (Å²) in [6.45, 7) is 8.30. The van der Waals surface area contributed by atoms with Crippen LogP contribution in [0.4, 0.5) is 0 Å². The van der Waals surface area contributed by atoms with Gasteiger partial charge < -0.3 is 48.1 Å². The molecule has 8 atom stereocenters. The second kappa shape index (κ2) is 18.2. The topological polar surface area (TPSA) is 280 Å². The summed E-state index contributed by atoms with van der Waals surface area (Å²) in [6.07, 6.45) is -0.573. The molecule has 0 heterocycles. The summed E-state index contributed by atoms with van der Waals surface area (Å²) in [5.41, 5.74) is 11.1. The van der Waals surface area contributed by atoms with Crippen molar-refractivity contribution < 1.29 is 48.9 Å². The lowest BCUT2D eigenvalue weighted by molar-refractivity contribution is -0.142. The number of carbonyl (C=O) groups is 7. The minimum atomic E-state index is -1.48. The van der Waals surface area contributed by atoms with E-state index in [1.165, 1.54) is 6.92 Å². The Bertz CT molecular complexity index is 1080. The van der Waals surface area contributed by atoms with Crippen molar-refractivity contribution in [2.24, 2.45) is 35.1 Å². The van der Waals surface area contributed by atoms with Crippen LogP contribution in [0.3, 0.4) is 0 Å². The second-order valence-corrected chi connectivity index (χ2v) is 12.5. The number of carbonyl (C=O) groups excluding carboxylic acids is 5. The van der Waals surface area contributed by atoms with E-state index in [-0.39, 0.29) is 25.2 Å². The number of aliphatic hydroxyl groups excluding tert-OH is 1. The molecule has 0 aliphatic heterocycles. The number of hydrogen-bond acceptors (Lipinski definition) is 9. The van der Waals surface area contributed by atoms with Gasteiger partial charge in [0.15, 0.2) is 0 Å². The Balaban J connectivity index is 3.13. The molecule has 0 unspecified atom stereocenters. The molecular formula is C29H50N6O10. The van der Waals surface area contributed by atoms with Crippen molar-refractivity contribution in [1.29, 1.82) is 0 Å². The standard InChI is InChI=1S/C29H50N6O10/c1-13(2)11-19(24(39)16-7-6-8-17(16)25(40)32-15(5)29(44)45)33-27(42)20(12-21(31)36)34-28(43)23(14(3)4)35-26(41)18(30)9-10-22(37)38/h13-20,23-24,39H,6-12,30H2,1-5H3,(H2,31,36)(H,32,40)(H,33,42)(H,34,43)(H,35,41)(H,37,38)(H,44,45)/t15-,16+,17+,18-,19-,20-,23-,24-/m0/s1. The molecule has 256 valence electrons. The molecule has 0 aromatic carbocycles. The normalized spacial score (nSPS) is 20.3. The highest BCUT2D eigenvalue weighted by Gasteiger charge is 2.42. The fourth-order valence-electron chi connectivity index (χ4n) is 5.36. The molecule has 11 N–H and O–H groups in total. The van der Waals surface area contributed by atoms with Crippen molar-refractivity contribution in [2.45, 2.75) is 116 Å². The van der Waals surface area contributed by atoms with Crippen LogP contribution in [-0.2, 0) is 33.6 Å². The minimum absolute atomic E-state index is 0.0271. The lowest BCUT2D eigenvalue weighted by Crippen LogP contribution is -2.59. The van der Waals surface area contributed by atoms with Gasteiger partial charge in [-0.15, -0.1) is 0 Å². The van der Waals surface area contributed by atoms with Crippen LogP contribution in [0, 0.1) is 23.7 Å². The summed E-state index contributed by atoms with van der Waals surface area (Å²) in [5, 5.41) is 39.5. The van der Waals surface area contributed by atoms with Gasteiger partial charge in [0, 0.05) is 12.3 Å². The van der Waals surface area contributed by atoms with E-state index >= 15 is 0 Å². The van der Waals surface area contributed by atoms with E-state index < -0.39 is 102 Å². The maximum Gasteiger partial charge on any atom is 0.325 e. The number of amides is 5. The van der Waals surface area contributed by atoms with Gasteiger partial charge in [0.1, 0.15) is 18.1 Å². The van der Waals surface area contributed by atoms with Gasteiger partial charge in [0.25, 0.3) is 0 Å². The first-order valence-corrected chi connectivity index (χ1v) is 15.2. The van der Waals surface area contributed by atoms with E-state index in [1.54, 1.807) is 13.8 Å². The summed E-state index contributed by atoms with van der Waals surface area (Å²) < 4.78 is 0. The third kappa shape index (κ3) is 13.0. The Labute approximate surface area is 262 Å². The lowest BCUT2D eigenvalue weighted by Gasteiger charge is -2.33. The highest BCUT2D eigenvalue weighted by molar-refractivity contribution is 5.95. The molecule has 45 heavy (non-hydrogen) atoms. The van der Waals surface area contributed by atoms with Gasteiger partial charge in [-0.2, -0.15) is 0 Å². The van der Waals surface area contributed by atoms with Crippen molar-refractivity contribution in [2.75, 3.05) is 0 Å². The maximum absolute atomic E-state index is 13.5. The molecule has 1 rings (SSSR count). The van der Waals surface area contributed by atoms with E-state index in [2.05, 4.69) is 21.3 Å². The van der Waals surface area contributed by atoms with Crippen molar-refractivity contribution in [3.63, 3.8) is 0 Å². The number of carboxylic acids is 2. The zero-order valence-electron chi connectivity index (χ0n) is 26.6. The summed E-state index contributed by atoms with van der Waals surface area (Å²) in [7, 11) is 0. The molecule has 1 aliphatic carbocycles. The molecule has 16 heteroatoms. The van der Waals surface area contributed by atoms with Crippen molar-refractivity contribution in [3.05, 3.63) is 0 Å². The molecule has 0 aromatic heterocycles. The molecule has 0 bridgehead atoms. The number of primary amides is 1. The Kier molecular flexibility index (Phi) is 15.9. The molecule has 0 aromatic rings. The zero-order valence-corrected chi connectivity index (χ0v) is 26.6. The first-order chi connectivity index (χ1) is 20.8. The molecule has 1 aliphatic rings. The summed E-state index contributed by atoms with van der Waals surface area (Å²) in [5.74, 6) is -7.97. The maximum atomic E-state index is 13.5. The Hall–Kier alpha value is -3.79. The Morgan fingerprint density at radius 2 is 1.47 bits per heavy atom. The van der Waals surface area contributed by atoms with E-state index in [1.807, 2.05) is 13.8 Å². The fraction of sp³-hybridized carbons (Fsp3) is 0.759. The number of nitrogens with one attached hydrogen (secondary N) is 4. The van der Waals surface area contributed by atoms with Crippen molar-refractivity contribution in [1.82, 2.24) is 21.3 Å². The van der Waals surface area contributed by atoms with Gasteiger partial charge >= 0.3 is 11.9 Å². The molecule has 1 saturated carbocycles. The summed E-state index contributed by atoms with van der Waals surface area (Å²) in [6, 6.07) is -5.89. The minimum Gasteiger partial charge on any atom is -0.481 e. The third-order valence-electron chi connectivity index (χ3n) is 7.83. The van der Waals surface area contributed by atoms with E-state index in [9.17, 15) is 38.7 Å². The van der Waals surface area contributed by atoms with Gasteiger partial charge in [-0.3, -0.25) is 33.6 Å². The van der Waals surface area contributed by atoms with Crippen molar-refractivity contribution >= 4 is 41.5 Å². The predicted molar refractivity (Wildman–Crippen MR) is 161 cm³/mol. The van der Waals surface area contributed by atoms with Crippen LogP contribution in [0.25, 0.3) is 0 Å². The van der Waals surface area contributed by atoms with Crippen LogP contribution in [-0.4, -0.2) is 93.1 Å². The van der Waals surface area contributed by atoms with Crippen LogP contribution in [0.2, 0.25) is 0 Å². The molecule has 0 saturated heterocycles. The smallest absolute Gasteiger partial charge is 0.325 e. The summed E-state index contributed by atoms with van der Waals surface area (Å²) in [4.78, 5) is 86.0. The van der Waals surface area contributed by atoms with Crippen LogP contribution < -0.4 is 32.7 Å². The molecule has 0 spiro atoms. The third-order valence-corrected chi connectivity index (χ3v) is 7.83. The Morgan fingerprint density at radius 3 is 1.98 bits per heavy atom. The quantitative estimate of drug-likeness (QED) is 0.0788. The van der Waals surface area contributed by atoms with Crippen LogP contribution in [0.5, 0.6) is 0 Å². The van der Waals surface area contributed by atoms with Gasteiger partial charge in [-0.05, 0) is 50.4 Å². The SMILES string of the molecule is CC(C)C[C@H](NC(=O)[C@H](CC(N)=O)NC(=O)[C@@H](NC(=O)[C@@H](N)CCC(=O)O)C(C)C)[C@@H](O)[C@@H]1CCC[C@H]1C(=O)N[C@@H](C)C(=O)O. The number of aliphatic hydroxyl groups is 1. The van der Waals surface area contributed by atoms with Gasteiger partial charge in [0.05, 0.1) is 24.6 Å². The zero-order chi connectivity index (χ0) is 34.6. The lowest BCUT2D eigenvalue weighted by atomic mass is 9.83. The largest absolute Gasteiger partial charge is 0.481 e. The van der Waals surface area contributed by atoms with E-state index in [0.29, 0.717) is 19.3 Å². The molecule has 0 radical (unpaired) electrons. The highest BCUT2D eigenvalue weighted by Crippen LogP contribution is 2.36. The Morgan fingerprint density at radius 1 is 0.844 bits per heavy atom. The van der Waals surface area contributed by atoms with Crippen molar-refractivity contribution in [3.8, 4) is 0 Å². The number of carboxylic acid groups (broad SMARTS) is 2. The monoisotopic (exact) mass is 642 g/mol. The average molecular weight is 643 g/mol. The number of hydrogen-bond donors (Lipinski definition) is 9. The van der Waals surface area contributed by atoms with Gasteiger partial charge in [0.2, 0.25) is 29.5 Å². The molecule has 16 nitrogen and oxygen atoms in total. The molecule has 5 amide bonds. The molecule has 1 fully saturated rings. The van der Waals surface area contributed by atoms with Crippen LogP contribution >= 0.6 is 0 Å². The van der Waals surface area contributed by atoms with Gasteiger partial charge in [-0.25, -0.2) is 0 Å². The number of rotatable bonds is 19. The van der Waals surface area contributed by atoms with E-state index in [4.69, 9.17) is 21.7 Å². The van der Waals surface area contributed by atoms with E-state index in [0.717, 1.165) is 0 Å². The first-order valence-electron chi connectivity index (χ1n) is 15.2. The molecular weight excluding hydrogens is 592 g/mol. The summed E-state index contributed by atoms with van der Waals surface area (Å²) >= 11 is 0. The number of nitrogens with two attached hydrogens (primary N) is 2. The fourth-order valence-corrected chi connectivity index (χ4v) is 5.36. The second-order valence-electron chi connectivity index (χ2n) is 12.5. The highest BCUT2D eigenvalue weighted by atomic mass is 16.4. The number of aliphatic carboxylic acids is 2.